The standard InChI is InChI=1S/C21H24FNO2/c1-15-9-17(7-8-20(15)22)21(24)10-18-13-25-14-19(11-21)23(18)12-16-5-3-2-4-6-16/h2-9,18-19,24H,10-14H2,1H3. The number of nitrogens with zero attached hydrogens (tertiary/aromatic N) is 1. The Bertz CT molecular complexity index is 735. The largest absolute Gasteiger partial charge is 0.385 e. The molecule has 2 saturated heterocycles. The van der Waals surface area contributed by atoms with Gasteiger partial charge in [-0.05, 0) is 42.5 Å². The zero-order valence-corrected chi connectivity index (χ0v) is 14.5. The monoisotopic (exact) mass is 341 g/mol. The molecule has 3 nitrogen and oxygen atoms in total. The molecule has 0 spiro atoms. The highest BCUT2D eigenvalue weighted by molar-refractivity contribution is 5.30. The first-order valence-corrected chi connectivity index (χ1v) is 8.91. The molecule has 0 radical (unpaired) electrons. The van der Waals surface area contributed by atoms with Crippen molar-refractivity contribution in [2.75, 3.05) is 13.2 Å². The van der Waals surface area contributed by atoms with Crippen molar-refractivity contribution in [3.8, 4) is 0 Å². The number of piperidine rings is 1. The van der Waals surface area contributed by atoms with E-state index in [1.54, 1.807) is 19.1 Å². The van der Waals surface area contributed by atoms with Gasteiger partial charge in [-0.2, -0.15) is 0 Å². The fourth-order valence-corrected chi connectivity index (χ4v) is 4.27. The van der Waals surface area contributed by atoms with E-state index in [1.165, 1.54) is 11.6 Å². The highest BCUT2D eigenvalue weighted by Gasteiger charge is 2.46. The summed E-state index contributed by atoms with van der Waals surface area (Å²) in [6.07, 6.45) is 1.23. The van der Waals surface area contributed by atoms with E-state index in [2.05, 4.69) is 29.2 Å². The van der Waals surface area contributed by atoms with Crippen molar-refractivity contribution in [3.05, 3.63) is 71.0 Å². The van der Waals surface area contributed by atoms with Gasteiger partial charge < -0.3 is 9.84 Å². The van der Waals surface area contributed by atoms with Gasteiger partial charge in [0.1, 0.15) is 5.82 Å². The highest BCUT2D eigenvalue weighted by Crippen LogP contribution is 2.41. The number of benzene rings is 2. The third-order valence-corrected chi connectivity index (χ3v) is 5.61. The summed E-state index contributed by atoms with van der Waals surface area (Å²) in [6.45, 7) is 3.88. The molecule has 0 saturated carbocycles. The second-order valence-corrected chi connectivity index (χ2v) is 7.41. The molecular weight excluding hydrogens is 317 g/mol. The van der Waals surface area contributed by atoms with Gasteiger partial charge in [-0.25, -0.2) is 4.39 Å². The maximum Gasteiger partial charge on any atom is 0.126 e. The van der Waals surface area contributed by atoms with Gasteiger partial charge >= 0.3 is 0 Å². The van der Waals surface area contributed by atoms with Crippen molar-refractivity contribution in [2.45, 2.75) is 44.0 Å². The summed E-state index contributed by atoms with van der Waals surface area (Å²) in [4.78, 5) is 2.46. The predicted octanol–water partition coefficient (Wildman–Crippen LogP) is 3.39. The minimum absolute atomic E-state index is 0.170. The Morgan fingerprint density at radius 1 is 1.12 bits per heavy atom. The molecule has 2 aliphatic heterocycles. The lowest BCUT2D eigenvalue weighted by Crippen LogP contribution is -2.60. The molecule has 25 heavy (non-hydrogen) atoms. The Labute approximate surface area is 148 Å². The van der Waals surface area contributed by atoms with Crippen LogP contribution in [0.5, 0.6) is 0 Å². The van der Waals surface area contributed by atoms with Crippen molar-refractivity contribution in [2.24, 2.45) is 0 Å². The molecule has 2 fully saturated rings. The summed E-state index contributed by atoms with van der Waals surface area (Å²) in [6, 6.07) is 15.7. The smallest absolute Gasteiger partial charge is 0.126 e. The summed E-state index contributed by atoms with van der Waals surface area (Å²) in [5, 5.41) is 11.3. The van der Waals surface area contributed by atoms with Crippen LogP contribution >= 0.6 is 0 Å². The predicted molar refractivity (Wildman–Crippen MR) is 94.6 cm³/mol. The number of morpholine rings is 1. The van der Waals surface area contributed by atoms with Crippen LogP contribution in [0.3, 0.4) is 0 Å². The van der Waals surface area contributed by atoms with Gasteiger partial charge in [0.15, 0.2) is 0 Å². The zero-order chi connectivity index (χ0) is 17.4. The number of aliphatic hydroxyl groups is 1. The first kappa shape index (κ1) is 16.7. The fraction of sp³-hybridized carbons (Fsp3) is 0.429. The lowest BCUT2D eigenvalue weighted by Gasteiger charge is -2.52. The molecule has 2 atom stereocenters. The van der Waals surface area contributed by atoms with Crippen molar-refractivity contribution in [3.63, 3.8) is 0 Å². The van der Waals surface area contributed by atoms with Crippen molar-refractivity contribution in [1.29, 1.82) is 0 Å². The maximum absolute atomic E-state index is 13.6. The first-order valence-electron chi connectivity index (χ1n) is 8.91. The zero-order valence-electron chi connectivity index (χ0n) is 14.5. The van der Waals surface area contributed by atoms with Gasteiger partial charge in [-0.15, -0.1) is 0 Å². The molecule has 2 heterocycles. The van der Waals surface area contributed by atoms with Crippen LogP contribution in [0.4, 0.5) is 4.39 Å². The molecule has 1 N–H and O–H groups in total. The SMILES string of the molecule is Cc1cc(C2(O)CC3COCC(C2)N3Cc2ccccc2)ccc1F. The van der Waals surface area contributed by atoms with E-state index >= 15 is 0 Å². The molecule has 4 rings (SSSR count). The number of ether oxygens (including phenoxy) is 1. The molecule has 0 amide bonds. The minimum atomic E-state index is -0.912. The Morgan fingerprint density at radius 3 is 2.44 bits per heavy atom. The van der Waals surface area contributed by atoms with Crippen LogP contribution in [0, 0.1) is 12.7 Å². The van der Waals surface area contributed by atoms with Crippen molar-refractivity contribution >= 4 is 0 Å². The van der Waals surface area contributed by atoms with E-state index in [0.717, 1.165) is 12.1 Å². The molecule has 2 aliphatic rings. The van der Waals surface area contributed by atoms with Crippen LogP contribution in [0.25, 0.3) is 0 Å². The normalized spacial score (nSPS) is 29.6. The van der Waals surface area contributed by atoms with Crippen LogP contribution in [0.15, 0.2) is 48.5 Å². The van der Waals surface area contributed by atoms with E-state index in [1.807, 2.05) is 6.07 Å². The highest BCUT2D eigenvalue weighted by atomic mass is 19.1. The summed E-state index contributed by atoms with van der Waals surface area (Å²) in [5.41, 5.74) is 1.77. The van der Waals surface area contributed by atoms with Gasteiger partial charge in [-0.1, -0.05) is 42.5 Å². The molecular formula is C21H24FNO2. The van der Waals surface area contributed by atoms with Gasteiger partial charge in [0.25, 0.3) is 0 Å². The first-order chi connectivity index (χ1) is 12.0. The number of hydrogen-bond acceptors (Lipinski definition) is 3. The second-order valence-electron chi connectivity index (χ2n) is 7.41. The van der Waals surface area contributed by atoms with Crippen LogP contribution in [-0.4, -0.2) is 35.3 Å². The fourth-order valence-electron chi connectivity index (χ4n) is 4.27. The number of rotatable bonds is 3. The van der Waals surface area contributed by atoms with Gasteiger partial charge in [0.05, 0.1) is 18.8 Å². The van der Waals surface area contributed by atoms with E-state index in [-0.39, 0.29) is 17.9 Å². The number of hydrogen-bond donors (Lipinski definition) is 1. The van der Waals surface area contributed by atoms with E-state index < -0.39 is 5.60 Å². The number of aryl methyl sites for hydroxylation is 1. The molecule has 4 heteroatoms. The third kappa shape index (κ3) is 3.22. The molecule has 2 bridgehead atoms. The summed E-state index contributed by atoms with van der Waals surface area (Å²) in [5.74, 6) is -0.225. The third-order valence-electron chi connectivity index (χ3n) is 5.61. The number of halogens is 1. The topological polar surface area (TPSA) is 32.7 Å². The van der Waals surface area contributed by atoms with E-state index in [9.17, 15) is 9.50 Å². The summed E-state index contributed by atoms with van der Waals surface area (Å²) < 4.78 is 19.4. The second kappa shape index (κ2) is 6.52. The van der Waals surface area contributed by atoms with Gasteiger partial charge in [0.2, 0.25) is 0 Å². The molecule has 132 valence electrons. The van der Waals surface area contributed by atoms with Gasteiger partial charge in [0, 0.05) is 18.6 Å². The summed E-state index contributed by atoms with van der Waals surface area (Å²) in [7, 11) is 0. The van der Waals surface area contributed by atoms with Crippen molar-refractivity contribution in [1.82, 2.24) is 4.90 Å². The summed E-state index contributed by atoms with van der Waals surface area (Å²) >= 11 is 0. The average Bonchev–Trinajstić information content (AvgIpc) is 2.59. The van der Waals surface area contributed by atoms with Crippen LogP contribution in [0.2, 0.25) is 0 Å². The molecule has 2 aromatic carbocycles. The minimum Gasteiger partial charge on any atom is -0.385 e. The quantitative estimate of drug-likeness (QED) is 0.929. The molecule has 0 aromatic heterocycles. The van der Waals surface area contributed by atoms with Gasteiger partial charge in [-0.3, -0.25) is 4.90 Å². The van der Waals surface area contributed by atoms with Crippen LogP contribution < -0.4 is 0 Å². The molecule has 2 aromatic rings. The van der Waals surface area contributed by atoms with Crippen LogP contribution in [-0.2, 0) is 16.9 Å². The molecule has 0 aliphatic carbocycles. The Balaban J connectivity index is 1.59. The lowest BCUT2D eigenvalue weighted by molar-refractivity contribution is -0.149. The average molecular weight is 341 g/mol. The Kier molecular flexibility index (Phi) is 4.36. The maximum atomic E-state index is 13.6. The van der Waals surface area contributed by atoms with E-state index in [0.29, 0.717) is 31.6 Å². The Morgan fingerprint density at radius 2 is 1.80 bits per heavy atom. The van der Waals surface area contributed by atoms with Crippen molar-refractivity contribution < 1.29 is 14.2 Å². The Hall–Kier alpha value is -1.75. The molecule has 2 unspecified atom stereocenters. The lowest BCUT2D eigenvalue weighted by atomic mass is 9.76. The number of fused-ring (bicyclic) bond motifs is 2. The van der Waals surface area contributed by atoms with Crippen LogP contribution in [0.1, 0.15) is 29.5 Å². The van der Waals surface area contributed by atoms with E-state index in [4.69, 9.17) is 4.74 Å².